The van der Waals surface area contributed by atoms with Gasteiger partial charge in [0.1, 0.15) is 11.5 Å². The normalized spacial score (nSPS) is 16.5. The molecular formula is C21H27F3N4O2. The van der Waals surface area contributed by atoms with Gasteiger partial charge < -0.3 is 19.8 Å². The van der Waals surface area contributed by atoms with Crippen molar-refractivity contribution in [1.29, 1.82) is 0 Å². The average molecular weight is 424 g/mol. The summed E-state index contributed by atoms with van der Waals surface area (Å²) in [6, 6.07) is 10.5. The highest BCUT2D eigenvalue weighted by atomic mass is 19.4. The predicted molar refractivity (Wildman–Crippen MR) is 108 cm³/mol. The fraction of sp³-hybridized carbons (Fsp3) is 0.476. The average Bonchev–Trinajstić information content (AvgIpc) is 3.44. The summed E-state index contributed by atoms with van der Waals surface area (Å²) < 4.78 is 47.0. The molecule has 2 heterocycles. The monoisotopic (exact) mass is 424 g/mol. The molecule has 0 amide bonds. The third kappa shape index (κ3) is 6.69. The van der Waals surface area contributed by atoms with Gasteiger partial charge in [0.05, 0.1) is 12.3 Å². The van der Waals surface area contributed by atoms with E-state index in [0.29, 0.717) is 19.0 Å². The summed E-state index contributed by atoms with van der Waals surface area (Å²) in [7, 11) is 1.70. The van der Waals surface area contributed by atoms with Crippen LogP contribution < -0.4 is 15.4 Å². The minimum absolute atomic E-state index is 0.131. The first-order valence-corrected chi connectivity index (χ1v) is 9.95. The van der Waals surface area contributed by atoms with Crippen molar-refractivity contribution in [2.24, 2.45) is 4.99 Å². The van der Waals surface area contributed by atoms with Crippen LogP contribution in [0.1, 0.15) is 30.2 Å². The lowest BCUT2D eigenvalue weighted by molar-refractivity contribution is -0.153. The van der Waals surface area contributed by atoms with Crippen molar-refractivity contribution in [2.75, 3.05) is 33.3 Å². The van der Waals surface area contributed by atoms with Gasteiger partial charge in [0.2, 0.25) is 0 Å². The van der Waals surface area contributed by atoms with Crippen molar-refractivity contribution in [3.8, 4) is 5.75 Å². The largest absolute Gasteiger partial charge is 0.484 e. The molecule has 0 bridgehead atoms. The Kier molecular flexibility index (Phi) is 7.62. The maximum Gasteiger partial charge on any atom is 0.422 e. The molecule has 1 aromatic heterocycles. The Bertz CT molecular complexity index is 786. The Balaban J connectivity index is 1.49. The van der Waals surface area contributed by atoms with Gasteiger partial charge in [-0.3, -0.25) is 9.89 Å². The van der Waals surface area contributed by atoms with E-state index in [1.807, 2.05) is 12.1 Å². The molecule has 1 saturated heterocycles. The van der Waals surface area contributed by atoms with Crippen LogP contribution in [0, 0.1) is 0 Å². The van der Waals surface area contributed by atoms with Gasteiger partial charge in [-0.05, 0) is 55.8 Å². The molecule has 1 unspecified atom stereocenters. The van der Waals surface area contributed by atoms with Gasteiger partial charge in [0, 0.05) is 20.1 Å². The SMILES string of the molecule is CN=C(NCc1ccc(OCC(F)(F)F)cc1)NCC(c1ccco1)N1CCCC1. The van der Waals surface area contributed by atoms with E-state index < -0.39 is 12.8 Å². The molecule has 9 heteroatoms. The fourth-order valence-electron chi connectivity index (χ4n) is 3.41. The maximum atomic E-state index is 12.2. The summed E-state index contributed by atoms with van der Waals surface area (Å²) in [6.45, 7) is 1.92. The Morgan fingerprint density at radius 1 is 1.17 bits per heavy atom. The third-order valence-corrected chi connectivity index (χ3v) is 4.93. The van der Waals surface area contributed by atoms with Crippen LogP contribution in [0.15, 0.2) is 52.1 Å². The van der Waals surface area contributed by atoms with Gasteiger partial charge in [-0.2, -0.15) is 13.2 Å². The second-order valence-electron chi connectivity index (χ2n) is 7.13. The van der Waals surface area contributed by atoms with Gasteiger partial charge in [-0.15, -0.1) is 0 Å². The predicted octanol–water partition coefficient (Wildman–Crippen LogP) is 3.72. The summed E-state index contributed by atoms with van der Waals surface area (Å²) in [5.41, 5.74) is 0.902. The first-order chi connectivity index (χ1) is 14.4. The number of guanidine groups is 1. The summed E-state index contributed by atoms with van der Waals surface area (Å²) in [5.74, 6) is 1.75. The molecule has 6 nitrogen and oxygen atoms in total. The van der Waals surface area contributed by atoms with Crippen LogP contribution in [-0.4, -0.2) is 50.3 Å². The van der Waals surface area contributed by atoms with E-state index in [9.17, 15) is 13.2 Å². The molecule has 1 aromatic carbocycles. The molecule has 2 aromatic rings. The second kappa shape index (κ2) is 10.4. The first kappa shape index (κ1) is 22.0. The third-order valence-electron chi connectivity index (χ3n) is 4.93. The number of benzene rings is 1. The van der Waals surface area contributed by atoms with Gasteiger partial charge in [0.15, 0.2) is 12.6 Å². The number of rotatable bonds is 8. The van der Waals surface area contributed by atoms with Crippen molar-refractivity contribution >= 4 is 5.96 Å². The van der Waals surface area contributed by atoms with Crippen molar-refractivity contribution < 1.29 is 22.3 Å². The molecule has 0 saturated carbocycles. The van der Waals surface area contributed by atoms with Crippen molar-refractivity contribution in [3.63, 3.8) is 0 Å². The van der Waals surface area contributed by atoms with Crippen LogP contribution in [0.5, 0.6) is 5.75 Å². The van der Waals surface area contributed by atoms with Crippen molar-refractivity contribution in [1.82, 2.24) is 15.5 Å². The van der Waals surface area contributed by atoms with Gasteiger partial charge >= 0.3 is 6.18 Å². The van der Waals surface area contributed by atoms with Crippen LogP contribution >= 0.6 is 0 Å². The fourth-order valence-corrected chi connectivity index (χ4v) is 3.41. The highest BCUT2D eigenvalue weighted by Gasteiger charge is 2.28. The lowest BCUT2D eigenvalue weighted by atomic mass is 10.2. The molecule has 0 spiro atoms. The molecule has 2 N–H and O–H groups in total. The number of hydrogen-bond donors (Lipinski definition) is 2. The summed E-state index contributed by atoms with van der Waals surface area (Å²) >= 11 is 0. The Labute approximate surface area is 174 Å². The number of alkyl halides is 3. The van der Waals surface area contributed by atoms with Crippen LogP contribution in [0.2, 0.25) is 0 Å². The summed E-state index contributed by atoms with van der Waals surface area (Å²) in [6.07, 6.45) is -0.283. The maximum absolute atomic E-state index is 12.2. The minimum atomic E-state index is -4.35. The molecule has 3 rings (SSSR count). The summed E-state index contributed by atoms with van der Waals surface area (Å²) in [5, 5.41) is 6.56. The van der Waals surface area contributed by atoms with Gasteiger partial charge in [-0.25, -0.2) is 0 Å². The lowest BCUT2D eigenvalue weighted by Gasteiger charge is -2.26. The molecule has 1 aliphatic rings. The van der Waals surface area contributed by atoms with E-state index in [1.165, 1.54) is 25.0 Å². The number of likely N-dealkylation sites (tertiary alicyclic amines) is 1. The molecule has 164 valence electrons. The van der Waals surface area contributed by atoms with Gasteiger partial charge in [-0.1, -0.05) is 12.1 Å². The molecule has 1 fully saturated rings. The highest BCUT2D eigenvalue weighted by molar-refractivity contribution is 5.79. The molecular weight excluding hydrogens is 397 g/mol. The minimum Gasteiger partial charge on any atom is -0.484 e. The Morgan fingerprint density at radius 3 is 2.50 bits per heavy atom. The summed E-state index contributed by atoms with van der Waals surface area (Å²) in [4.78, 5) is 6.65. The second-order valence-corrected chi connectivity index (χ2v) is 7.13. The number of halogens is 3. The van der Waals surface area contributed by atoms with E-state index in [2.05, 4.69) is 20.5 Å². The Hall–Kier alpha value is -2.68. The highest BCUT2D eigenvalue weighted by Crippen LogP contribution is 2.25. The number of aliphatic imine (C=N–C) groups is 1. The number of nitrogens with zero attached hydrogens (tertiary/aromatic N) is 2. The standard InChI is InChI=1S/C21H27F3N4O2/c1-25-20(26-13-16-6-8-17(9-7-16)30-15-21(22,23)24)27-14-18(19-5-4-12-29-19)28-10-2-3-11-28/h4-9,12,18H,2-3,10-11,13-15H2,1H3,(H2,25,26,27). The zero-order valence-corrected chi connectivity index (χ0v) is 16.9. The van der Waals surface area contributed by atoms with Crippen molar-refractivity contribution in [2.45, 2.75) is 31.6 Å². The molecule has 0 radical (unpaired) electrons. The smallest absolute Gasteiger partial charge is 0.422 e. The number of ether oxygens (including phenoxy) is 1. The number of furan rings is 1. The van der Waals surface area contributed by atoms with E-state index >= 15 is 0 Å². The van der Waals surface area contributed by atoms with E-state index in [4.69, 9.17) is 9.15 Å². The number of nitrogens with one attached hydrogen (secondary N) is 2. The van der Waals surface area contributed by atoms with Crippen LogP contribution in [0.3, 0.4) is 0 Å². The molecule has 1 atom stereocenters. The van der Waals surface area contributed by atoms with E-state index in [1.54, 1.807) is 25.4 Å². The van der Waals surface area contributed by atoms with Gasteiger partial charge in [0.25, 0.3) is 0 Å². The lowest BCUT2D eigenvalue weighted by Crippen LogP contribution is -2.42. The van der Waals surface area contributed by atoms with E-state index in [0.717, 1.165) is 24.4 Å². The van der Waals surface area contributed by atoms with Crippen LogP contribution in [0.25, 0.3) is 0 Å². The quantitative estimate of drug-likeness (QED) is 0.500. The first-order valence-electron chi connectivity index (χ1n) is 9.95. The zero-order chi connectivity index (χ0) is 21.4. The topological polar surface area (TPSA) is 62.0 Å². The van der Waals surface area contributed by atoms with Crippen molar-refractivity contribution in [3.05, 3.63) is 54.0 Å². The molecule has 1 aliphatic heterocycles. The zero-order valence-electron chi connectivity index (χ0n) is 16.9. The molecule has 30 heavy (non-hydrogen) atoms. The van der Waals surface area contributed by atoms with Crippen LogP contribution in [-0.2, 0) is 6.54 Å². The van der Waals surface area contributed by atoms with E-state index in [-0.39, 0.29) is 11.8 Å². The molecule has 0 aliphatic carbocycles. The number of hydrogen-bond acceptors (Lipinski definition) is 4. The Morgan fingerprint density at radius 2 is 1.90 bits per heavy atom. The van der Waals surface area contributed by atoms with Crippen LogP contribution in [0.4, 0.5) is 13.2 Å².